The fourth-order valence-corrected chi connectivity index (χ4v) is 3.02. The van der Waals surface area contributed by atoms with Gasteiger partial charge in [0.25, 0.3) is 0 Å². The highest BCUT2D eigenvalue weighted by Gasteiger charge is 2.15. The number of aliphatic hydroxyl groups is 1. The maximum atomic E-state index is 10.0. The van der Waals surface area contributed by atoms with Crippen molar-refractivity contribution in [3.63, 3.8) is 0 Å². The lowest BCUT2D eigenvalue weighted by Gasteiger charge is -2.03. The van der Waals surface area contributed by atoms with Crippen LogP contribution in [0.3, 0.4) is 0 Å². The molecule has 0 aliphatic carbocycles. The number of aromatic nitrogens is 1. The second kappa shape index (κ2) is 4.30. The Labute approximate surface area is 96.2 Å². The van der Waals surface area contributed by atoms with E-state index >= 15 is 0 Å². The quantitative estimate of drug-likeness (QED) is 0.866. The Bertz CT molecular complexity index is 450. The standard InChI is InChI=1S/C10H12N2OS2/c1-2-6-3-4-7(14-6)9(13)8-5-12-10(11)15-8/h3-5,9,13H,2H2,1H3,(H2,11,12). The predicted molar refractivity (Wildman–Crippen MR) is 64.3 cm³/mol. The zero-order chi connectivity index (χ0) is 10.8. The molecule has 0 aliphatic rings. The highest BCUT2D eigenvalue weighted by Crippen LogP contribution is 2.32. The van der Waals surface area contributed by atoms with Gasteiger partial charge >= 0.3 is 0 Å². The highest BCUT2D eigenvalue weighted by atomic mass is 32.1. The van der Waals surface area contributed by atoms with Crippen LogP contribution in [0, 0.1) is 0 Å². The van der Waals surface area contributed by atoms with Crippen LogP contribution < -0.4 is 5.73 Å². The van der Waals surface area contributed by atoms with Gasteiger partial charge < -0.3 is 10.8 Å². The first-order valence-electron chi connectivity index (χ1n) is 4.68. The topological polar surface area (TPSA) is 59.1 Å². The molecule has 2 aromatic rings. The fourth-order valence-electron chi connectivity index (χ4n) is 1.30. The molecule has 0 aromatic carbocycles. The average molecular weight is 240 g/mol. The normalized spacial score (nSPS) is 12.9. The van der Waals surface area contributed by atoms with Crippen LogP contribution in [0.5, 0.6) is 0 Å². The van der Waals surface area contributed by atoms with E-state index in [1.54, 1.807) is 17.5 Å². The van der Waals surface area contributed by atoms with Crippen molar-refractivity contribution in [3.8, 4) is 0 Å². The van der Waals surface area contributed by atoms with Gasteiger partial charge in [0.05, 0.1) is 4.88 Å². The van der Waals surface area contributed by atoms with E-state index in [4.69, 9.17) is 5.73 Å². The SMILES string of the molecule is CCc1ccc(C(O)c2cnc(N)s2)s1. The van der Waals surface area contributed by atoms with Crippen molar-refractivity contribution in [2.45, 2.75) is 19.4 Å². The summed E-state index contributed by atoms with van der Waals surface area (Å²) in [5.41, 5.74) is 5.53. The summed E-state index contributed by atoms with van der Waals surface area (Å²) in [6, 6.07) is 4.01. The maximum absolute atomic E-state index is 10.0. The number of thiophene rings is 1. The molecule has 2 heterocycles. The fraction of sp³-hybridized carbons (Fsp3) is 0.300. The molecule has 3 nitrogen and oxygen atoms in total. The van der Waals surface area contributed by atoms with Gasteiger partial charge in [0.15, 0.2) is 5.13 Å². The van der Waals surface area contributed by atoms with E-state index in [0.29, 0.717) is 5.13 Å². The Morgan fingerprint density at radius 3 is 2.73 bits per heavy atom. The molecule has 3 N–H and O–H groups in total. The van der Waals surface area contributed by atoms with E-state index in [9.17, 15) is 5.11 Å². The minimum Gasteiger partial charge on any atom is -0.382 e. The van der Waals surface area contributed by atoms with Crippen molar-refractivity contribution >= 4 is 27.8 Å². The number of aliphatic hydroxyl groups excluding tert-OH is 1. The number of nitrogens with two attached hydrogens (primary N) is 1. The van der Waals surface area contributed by atoms with Crippen LogP contribution in [0.25, 0.3) is 0 Å². The molecular formula is C10H12N2OS2. The summed E-state index contributed by atoms with van der Waals surface area (Å²) in [6.45, 7) is 2.10. The van der Waals surface area contributed by atoms with E-state index in [1.165, 1.54) is 16.2 Å². The summed E-state index contributed by atoms with van der Waals surface area (Å²) in [5.74, 6) is 0. The van der Waals surface area contributed by atoms with E-state index < -0.39 is 6.10 Å². The number of rotatable bonds is 3. The van der Waals surface area contributed by atoms with Crippen molar-refractivity contribution in [1.82, 2.24) is 4.98 Å². The number of anilines is 1. The molecule has 1 atom stereocenters. The van der Waals surface area contributed by atoms with Crippen molar-refractivity contribution < 1.29 is 5.11 Å². The maximum Gasteiger partial charge on any atom is 0.180 e. The molecule has 80 valence electrons. The van der Waals surface area contributed by atoms with Gasteiger partial charge in [-0.05, 0) is 18.6 Å². The van der Waals surface area contributed by atoms with E-state index in [0.717, 1.165) is 16.2 Å². The van der Waals surface area contributed by atoms with Crippen LogP contribution in [-0.2, 0) is 6.42 Å². The Balaban J connectivity index is 2.23. The predicted octanol–water partition coefficient (Wildman–Crippen LogP) is 2.43. The van der Waals surface area contributed by atoms with Crippen LogP contribution >= 0.6 is 22.7 Å². The number of nitrogen functional groups attached to an aromatic ring is 1. The molecule has 0 spiro atoms. The molecule has 2 aromatic heterocycles. The highest BCUT2D eigenvalue weighted by molar-refractivity contribution is 7.16. The van der Waals surface area contributed by atoms with E-state index in [2.05, 4.69) is 11.9 Å². The number of thiazole rings is 1. The minimum absolute atomic E-state index is 0.497. The first kappa shape index (κ1) is 10.6. The molecule has 0 fully saturated rings. The number of hydrogen-bond donors (Lipinski definition) is 2. The van der Waals surface area contributed by atoms with Crippen molar-refractivity contribution in [2.24, 2.45) is 0 Å². The Morgan fingerprint density at radius 1 is 1.40 bits per heavy atom. The summed E-state index contributed by atoms with van der Waals surface area (Å²) in [6.07, 6.45) is 2.06. The van der Waals surface area contributed by atoms with Crippen LogP contribution in [0.4, 0.5) is 5.13 Å². The summed E-state index contributed by atoms with van der Waals surface area (Å²) < 4.78 is 0. The van der Waals surface area contributed by atoms with Crippen molar-refractivity contribution in [3.05, 3.63) is 33.0 Å². The Hall–Kier alpha value is -0.910. The van der Waals surface area contributed by atoms with Gasteiger partial charge in [-0.15, -0.1) is 11.3 Å². The van der Waals surface area contributed by atoms with Crippen molar-refractivity contribution in [2.75, 3.05) is 5.73 Å². The molecule has 0 radical (unpaired) electrons. The summed E-state index contributed by atoms with van der Waals surface area (Å²) >= 11 is 2.96. The minimum atomic E-state index is -0.579. The molecule has 0 bridgehead atoms. The zero-order valence-corrected chi connectivity index (χ0v) is 9.94. The molecular weight excluding hydrogens is 228 g/mol. The van der Waals surface area contributed by atoms with Crippen molar-refractivity contribution in [1.29, 1.82) is 0 Å². The summed E-state index contributed by atoms with van der Waals surface area (Å²) in [5, 5.41) is 10.5. The van der Waals surface area contributed by atoms with Gasteiger partial charge in [0.1, 0.15) is 6.10 Å². The molecule has 0 saturated heterocycles. The molecule has 0 saturated carbocycles. The Morgan fingerprint density at radius 2 is 2.20 bits per heavy atom. The van der Waals surface area contributed by atoms with Gasteiger partial charge in [-0.3, -0.25) is 0 Å². The Kier molecular flexibility index (Phi) is 3.04. The summed E-state index contributed by atoms with van der Waals surface area (Å²) in [4.78, 5) is 6.97. The molecule has 0 aliphatic heterocycles. The second-order valence-electron chi connectivity index (χ2n) is 3.16. The lowest BCUT2D eigenvalue weighted by molar-refractivity contribution is 0.228. The van der Waals surface area contributed by atoms with Crippen LogP contribution in [-0.4, -0.2) is 10.1 Å². The molecule has 5 heteroatoms. The number of aryl methyl sites for hydroxylation is 1. The molecule has 2 rings (SSSR count). The third-order valence-corrected chi connectivity index (χ3v) is 4.27. The lowest BCUT2D eigenvalue weighted by Crippen LogP contribution is -1.92. The summed E-state index contributed by atoms with van der Waals surface area (Å²) in [7, 11) is 0. The number of hydrogen-bond acceptors (Lipinski definition) is 5. The lowest BCUT2D eigenvalue weighted by atomic mass is 10.2. The molecule has 1 unspecified atom stereocenters. The van der Waals surface area contributed by atoms with Gasteiger partial charge in [-0.2, -0.15) is 0 Å². The number of nitrogens with zero attached hydrogens (tertiary/aromatic N) is 1. The third kappa shape index (κ3) is 2.19. The second-order valence-corrected chi connectivity index (χ2v) is 5.45. The van der Waals surface area contributed by atoms with Crippen LogP contribution in [0.15, 0.2) is 18.3 Å². The molecule has 0 amide bonds. The zero-order valence-electron chi connectivity index (χ0n) is 8.30. The largest absolute Gasteiger partial charge is 0.382 e. The molecule has 15 heavy (non-hydrogen) atoms. The first-order valence-corrected chi connectivity index (χ1v) is 6.32. The van der Waals surface area contributed by atoms with Gasteiger partial charge in [0.2, 0.25) is 0 Å². The smallest absolute Gasteiger partial charge is 0.180 e. The van der Waals surface area contributed by atoms with Gasteiger partial charge in [-0.25, -0.2) is 4.98 Å². The van der Waals surface area contributed by atoms with Gasteiger partial charge in [0, 0.05) is 16.0 Å². The average Bonchev–Trinajstić information content (AvgIpc) is 2.84. The van der Waals surface area contributed by atoms with E-state index in [1.807, 2.05) is 12.1 Å². The van der Waals surface area contributed by atoms with Crippen LogP contribution in [0.1, 0.15) is 27.7 Å². The van der Waals surface area contributed by atoms with Crippen LogP contribution in [0.2, 0.25) is 0 Å². The third-order valence-electron chi connectivity index (χ3n) is 2.11. The van der Waals surface area contributed by atoms with Gasteiger partial charge in [-0.1, -0.05) is 18.3 Å². The monoisotopic (exact) mass is 240 g/mol. The van der Waals surface area contributed by atoms with E-state index in [-0.39, 0.29) is 0 Å². The first-order chi connectivity index (χ1) is 7.20.